The minimum atomic E-state index is 0.0234. The molecule has 0 unspecified atom stereocenters. The molecule has 1 aliphatic rings. The summed E-state index contributed by atoms with van der Waals surface area (Å²) in [7, 11) is 1.95. The van der Waals surface area contributed by atoms with Crippen LogP contribution in [-0.4, -0.2) is 33.5 Å². The molecule has 0 radical (unpaired) electrons. The van der Waals surface area contributed by atoms with Crippen LogP contribution in [0.15, 0.2) is 65.5 Å². The molecule has 0 bridgehead atoms. The molecule has 2 atom stereocenters. The van der Waals surface area contributed by atoms with E-state index in [2.05, 4.69) is 24.0 Å². The molecule has 1 aliphatic heterocycles. The Morgan fingerprint density at radius 2 is 1.68 bits per heavy atom. The Hall–Kier alpha value is -2.63. The summed E-state index contributed by atoms with van der Waals surface area (Å²) in [5.41, 5.74) is 3.99. The first-order valence-corrected chi connectivity index (χ1v) is 9.81. The van der Waals surface area contributed by atoms with Gasteiger partial charge in [0.1, 0.15) is 0 Å². The summed E-state index contributed by atoms with van der Waals surface area (Å²) in [6.07, 6.45) is 0.0234. The van der Waals surface area contributed by atoms with Crippen LogP contribution in [0, 0.1) is 6.92 Å². The summed E-state index contributed by atoms with van der Waals surface area (Å²) >= 11 is 0. The Balaban J connectivity index is 1.63. The molecule has 2 heterocycles. The van der Waals surface area contributed by atoms with Crippen LogP contribution in [0.5, 0.6) is 0 Å². The largest absolute Gasteiger partial charge is 0.371 e. The van der Waals surface area contributed by atoms with Crippen molar-refractivity contribution >= 4 is 0 Å². The van der Waals surface area contributed by atoms with Crippen LogP contribution in [-0.2, 0) is 18.3 Å². The van der Waals surface area contributed by atoms with Gasteiger partial charge in [0.15, 0.2) is 0 Å². The van der Waals surface area contributed by atoms with Crippen molar-refractivity contribution in [3.05, 3.63) is 87.8 Å². The number of benzene rings is 2. The number of morpholine rings is 1. The summed E-state index contributed by atoms with van der Waals surface area (Å²) in [5, 5.41) is 0. The van der Waals surface area contributed by atoms with Gasteiger partial charge in [-0.3, -0.25) is 14.4 Å². The quantitative estimate of drug-likeness (QED) is 0.699. The van der Waals surface area contributed by atoms with Crippen molar-refractivity contribution in [3.63, 3.8) is 0 Å². The van der Waals surface area contributed by atoms with Crippen LogP contribution in [0.25, 0.3) is 5.69 Å². The van der Waals surface area contributed by atoms with Crippen LogP contribution in [0.4, 0.5) is 0 Å². The summed E-state index contributed by atoms with van der Waals surface area (Å²) in [5.74, 6) is 0. The molecule has 0 saturated carbocycles. The molecule has 146 valence electrons. The lowest BCUT2D eigenvalue weighted by atomic mass is 10.00. The van der Waals surface area contributed by atoms with Crippen LogP contribution >= 0.6 is 0 Å². The number of aromatic nitrogens is 2. The first kappa shape index (κ1) is 18.7. The van der Waals surface area contributed by atoms with Gasteiger partial charge in [0, 0.05) is 31.9 Å². The molecule has 1 aromatic heterocycles. The molecule has 1 fully saturated rings. The SMILES string of the molecule is Cc1c(CN2CCO[C@@H](c3ccccc3)[C@@H]2C)c(=O)n(-c2ccccc2)n1C. The molecule has 2 aromatic carbocycles. The predicted molar refractivity (Wildman–Crippen MR) is 111 cm³/mol. The molecular weight excluding hydrogens is 350 g/mol. The van der Waals surface area contributed by atoms with E-state index in [0.29, 0.717) is 13.2 Å². The van der Waals surface area contributed by atoms with Crippen molar-refractivity contribution in [1.82, 2.24) is 14.3 Å². The molecule has 0 aliphatic carbocycles. The van der Waals surface area contributed by atoms with Crippen LogP contribution < -0.4 is 5.56 Å². The first-order valence-electron chi connectivity index (χ1n) is 9.81. The minimum absolute atomic E-state index is 0.0234. The fourth-order valence-electron chi connectivity index (χ4n) is 4.08. The van der Waals surface area contributed by atoms with Crippen molar-refractivity contribution < 1.29 is 4.74 Å². The van der Waals surface area contributed by atoms with Gasteiger partial charge in [0.05, 0.1) is 24.0 Å². The molecule has 1 saturated heterocycles. The van der Waals surface area contributed by atoms with Crippen molar-refractivity contribution in [2.75, 3.05) is 13.2 Å². The van der Waals surface area contributed by atoms with E-state index in [4.69, 9.17) is 4.74 Å². The van der Waals surface area contributed by atoms with Crippen LogP contribution in [0.1, 0.15) is 29.8 Å². The Morgan fingerprint density at radius 3 is 2.36 bits per heavy atom. The lowest BCUT2D eigenvalue weighted by Gasteiger charge is -2.39. The average Bonchev–Trinajstić information content (AvgIpc) is 2.94. The van der Waals surface area contributed by atoms with Gasteiger partial charge in [-0.2, -0.15) is 0 Å². The highest BCUT2D eigenvalue weighted by Gasteiger charge is 2.31. The summed E-state index contributed by atoms with van der Waals surface area (Å²) in [6, 6.07) is 20.3. The number of nitrogens with zero attached hydrogens (tertiary/aromatic N) is 3. The fourth-order valence-corrected chi connectivity index (χ4v) is 4.08. The predicted octanol–water partition coefficient (Wildman–Crippen LogP) is 3.45. The zero-order chi connectivity index (χ0) is 19.7. The summed E-state index contributed by atoms with van der Waals surface area (Å²) in [6.45, 7) is 6.33. The van der Waals surface area contributed by atoms with Crippen molar-refractivity contribution in [3.8, 4) is 5.69 Å². The van der Waals surface area contributed by atoms with E-state index in [1.54, 1.807) is 4.68 Å². The number of hydrogen-bond acceptors (Lipinski definition) is 3. The molecule has 4 rings (SSSR count). The molecule has 0 spiro atoms. The van der Waals surface area contributed by atoms with E-state index in [0.717, 1.165) is 23.5 Å². The second-order valence-corrected chi connectivity index (χ2v) is 7.45. The van der Waals surface area contributed by atoms with E-state index in [9.17, 15) is 4.79 Å². The molecule has 3 aromatic rings. The van der Waals surface area contributed by atoms with Gasteiger partial charge < -0.3 is 4.74 Å². The standard InChI is InChI=1S/C23H27N3O2/c1-17-21(23(27)26(24(17)3)20-12-8-5-9-13-20)16-25-14-15-28-22(18(25)2)19-10-6-4-7-11-19/h4-13,18,22H,14-16H2,1-3H3/t18-,22+/m0/s1. The third-order valence-electron chi connectivity index (χ3n) is 5.85. The molecule has 0 amide bonds. The molecule has 28 heavy (non-hydrogen) atoms. The average molecular weight is 377 g/mol. The normalized spacial score (nSPS) is 20.4. The van der Waals surface area contributed by atoms with Crippen LogP contribution in [0.2, 0.25) is 0 Å². The first-order chi connectivity index (χ1) is 13.6. The fraction of sp³-hybridized carbons (Fsp3) is 0.348. The monoisotopic (exact) mass is 377 g/mol. The van der Waals surface area contributed by atoms with Gasteiger partial charge in [-0.1, -0.05) is 48.5 Å². The summed E-state index contributed by atoms with van der Waals surface area (Å²) in [4.78, 5) is 15.6. The third-order valence-corrected chi connectivity index (χ3v) is 5.85. The van der Waals surface area contributed by atoms with E-state index >= 15 is 0 Å². The molecular formula is C23H27N3O2. The van der Waals surface area contributed by atoms with Gasteiger partial charge in [-0.15, -0.1) is 0 Å². The Kier molecular flexibility index (Phi) is 5.20. The maximum Gasteiger partial charge on any atom is 0.276 e. The highest BCUT2D eigenvalue weighted by atomic mass is 16.5. The smallest absolute Gasteiger partial charge is 0.276 e. The van der Waals surface area contributed by atoms with Gasteiger partial charge in [0.2, 0.25) is 0 Å². The number of para-hydroxylation sites is 1. The maximum atomic E-state index is 13.2. The van der Waals surface area contributed by atoms with Crippen molar-refractivity contribution in [2.45, 2.75) is 32.5 Å². The van der Waals surface area contributed by atoms with Gasteiger partial charge in [-0.05, 0) is 31.5 Å². The van der Waals surface area contributed by atoms with E-state index in [-0.39, 0.29) is 17.7 Å². The van der Waals surface area contributed by atoms with Gasteiger partial charge in [-0.25, -0.2) is 4.68 Å². The lowest BCUT2D eigenvalue weighted by Crippen LogP contribution is -2.45. The minimum Gasteiger partial charge on any atom is -0.371 e. The summed E-state index contributed by atoms with van der Waals surface area (Å²) < 4.78 is 9.78. The topological polar surface area (TPSA) is 39.4 Å². The zero-order valence-corrected chi connectivity index (χ0v) is 16.7. The Morgan fingerprint density at radius 1 is 1.04 bits per heavy atom. The lowest BCUT2D eigenvalue weighted by molar-refractivity contribution is -0.0704. The van der Waals surface area contributed by atoms with Gasteiger partial charge in [0.25, 0.3) is 5.56 Å². The molecule has 0 N–H and O–H groups in total. The number of ether oxygens (including phenoxy) is 1. The van der Waals surface area contributed by atoms with Crippen LogP contribution in [0.3, 0.4) is 0 Å². The Bertz CT molecular complexity index is 992. The van der Waals surface area contributed by atoms with Crippen molar-refractivity contribution in [1.29, 1.82) is 0 Å². The number of rotatable bonds is 4. The van der Waals surface area contributed by atoms with Crippen molar-refractivity contribution in [2.24, 2.45) is 7.05 Å². The van der Waals surface area contributed by atoms with Gasteiger partial charge >= 0.3 is 0 Å². The second-order valence-electron chi connectivity index (χ2n) is 7.45. The Labute approximate surface area is 165 Å². The highest BCUT2D eigenvalue weighted by molar-refractivity contribution is 5.33. The number of hydrogen-bond donors (Lipinski definition) is 0. The zero-order valence-electron chi connectivity index (χ0n) is 16.7. The maximum absolute atomic E-state index is 13.2. The molecule has 5 heteroatoms. The molecule has 5 nitrogen and oxygen atoms in total. The van der Waals surface area contributed by atoms with E-state index < -0.39 is 0 Å². The third kappa shape index (κ3) is 3.32. The van der Waals surface area contributed by atoms with E-state index in [1.165, 1.54) is 5.56 Å². The van der Waals surface area contributed by atoms with E-state index in [1.807, 2.05) is 67.2 Å². The second kappa shape index (κ2) is 7.78. The highest BCUT2D eigenvalue weighted by Crippen LogP contribution is 2.29.